The van der Waals surface area contributed by atoms with Crippen molar-refractivity contribution >= 4 is 12.0 Å². The zero-order valence-electron chi connectivity index (χ0n) is 11.1. The molecule has 0 saturated carbocycles. The molecule has 0 spiro atoms. The molecular formula is C13H22N2O4. The summed E-state index contributed by atoms with van der Waals surface area (Å²) in [5.74, 6) is -0.913. The number of hydrogen-bond donors (Lipinski definition) is 2. The van der Waals surface area contributed by atoms with E-state index in [1.165, 1.54) is 4.90 Å². The Morgan fingerprint density at radius 3 is 2.68 bits per heavy atom. The number of carbonyl (C=O) groups is 2. The van der Waals surface area contributed by atoms with Gasteiger partial charge < -0.3 is 20.1 Å². The first-order valence-corrected chi connectivity index (χ1v) is 7.07. The predicted molar refractivity (Wildman–Crippen MR) is 69.0 cm³/mol. The van der Waals surface area contributed by atoms with E-state index < -0.39 is 12.0 Å². The maximum Gasteiger partial charge on any atom is 0.326 e. The minimum Gasteiger partial charge on any atom is -0.480 e. The van der Waals surface area contributed by atoms with Crippen LogP contribution in [0.25, 0.3) is 0 Å². The molecule has 0 radical (unpaired) electrons. The molecule has 6 heteroatoms. The number of ether oxygens (including phenoxy) is 1. The normalized spacial score (nSPS) is 27.9. The molecule has 2 aliphatic rings. The van der Waals surface area contributed by atoms with Crippen molar-refractivity contribution in [2.75, 3.05) is 19.7 Å². The second kappa shape index (κ2) is 6.75. The minimum atomic E-state index is -0.913. The lowest BCUT2D eigenvalue weighted by Crippen LogP contribution is -2.53. The van der Waals surface area contributed by atoms with E-state index in [1.54, 1.807) is 0 Å². The lowest BCUT2D eigenvalue weighted by atomic mass is 10.0. The molecule has 2 unspecified atom stereocenters. The molecule has 19 heavy (non-hydrogen) atoms. The average Bonchev–Trinajstić information content (AvgIpc) is 2.46. The van der Waals surface area contributed by atoms with Gasteiger partial charge in [0.15, 0.2) is 0 Å². The minimum absolute atomic E-state index is 0.0748. The van der Waals surface area contributed by atoms with Crippen molar-refractivity contribution in [3.8, 4) is 0 Å². The van der Waals surface area contributed by atoms with E-state index in [4.69, 9.17) is 9.84 Å². The van der Waals surface area contributed by atoms with Crippen LogP contribution in [0.4, 0.5) is 4.79 Å². The Morgan fingerprint density at radius 2 is 2.00 bits per heavy atom. The quantitative estimate of drug-likeness (QED) is 0.807. The summed E-state index contributed by atoms with van der Waals surface area (Å²) in [6.45, 7) is 1.75. The van der Waals surface area contributed by atoms with Crippen LogP contribution in [0.2, 0.25) is 0 Å². The Kier molecular flexibility index (Phi) is 5.01. The zero-order valence-corrected chi connectivity index (χ0v) is 11.1. The third-order valence-corrected chi connectivity index (χ3v) is 3.80. The summed E-state index contributed by atoms with van der Waals surface area (Å²) < 4.78 is 5.54. The van der Waals surface area contributed by atoms with Crippen LogP contribution < -0.4 is 5.32 Å². The van der Waals surface area contributed by atoms with Gasteiger partial charge in [-0.2, -0.15) is 0 Å². The zero-order chi connectivity index (χ0) is 13.7. The van der Waals surface area contributed by atoms with Gasteiger partial charge >= 0.3 is 12.0 Å². The number of rotatable bonds is 3. The lowest BCUT2D eigenvalue weighted by molar-refractivity contribution is -0.143. The molecular weight excluding hydrogens is 248 g/mol. The number of carboxylic acid groups (broad SMARTS) is 1. The monoisotopic (exact) mass is 270 g/mol. The van der Waals surface area contributed by atoms with Gasteiger partial charge in [-0.15, -0.1) is 0 Å². The van der Waals surface area contributed by atoms with Gasteiger partial charge in [0.05, 0.1) is 6.10 Å². The molecule has 2 rings (SSSR count). The van der Waals surface area contributed by atoms with Crippen LogP contribution in [0.15, 0.2) is 0 Å². The molecule has 2 heterocycles. The molecule has 0 aromatic rings. The molecule has 0 bridgehead atoms. The first-order valence-electron chi connectivity index (χ1n) is 7.07. The highest BCUT2D eigenvalue weighted by molar-refractivity contribution is 5.82. The van der Waals surface area contributed by atoms with E-state index >= 15 is 0 Å². The molecule has 2 fully saturated rings. The Morgan fingerprint density at radius 1 is 1.21 bits per heavy atom. The summed E-state index contributed by atoms with van der Waals surface area (Å²) in [6, 6.07) is -0.956. The number of likely N-dealkylation sites (tertiary alicyclic amines) is 1. The van der Waals surface area contributed by atoms with E-state index in [2.05, 4.69) is 5.32 Å². The van der Waals surface area contributed by atoms with Crippen LogP contribution in [0, 0.1) is 0 Å². The number of carbonyl (C=O) groups excluding carboxylic acids is 1. The Hall–Kier alpha value is -1.30. The second-order valence-electron chi connectivity index (χ2n) is 5.22. The van der Waals surface area contributed by atoms with E-state index in [9.17, 15) is 9.59 Å². The first-order chi connectivity index (χ1) is 9.18. The predicted octanol–water partition coefficient (Wildman–Crippen LogP) is 1.20. The van der Waals surface area contributed by atoms with Gasteiger partial charge in [0.1, 0.15) is 6.04 Å². The van der Waals surface area contributed by atoms with Crippen molar-refractivity contribution in [1.82, 2.24) is 10.2 Å². The molecule has 0 aromatic carbocycles. The largest absolute Gasteiger partial charge is 0.480 e. The van der Waals surface area contributed by atoms with Crippen molar-refractivity contribution in [2.45, 2.75) is 50.7 Å². The van der Waals surface area contributed by atoms with Gasteiger partial charge in [0.2, 0.25) is 0 Å². The molecule has 2 amide bonds. The van der Waals surface area contributed by atoms with Crippen LogP contribution in [-0.2, 0) is 9.53 Å². The third kappa shape index (κ3) is 3.83. The number of carboxylic acids is 1. The van der Waals surface area contributed by atoms with Gasteiger partial charge in [-0.05, 0) is 38.5 Å². The lowest BCUT2D eigenvalue weighted by Gasteiger charge is -2.33. The van der Waals surface area contributed by atoms with Gasteiger partial charge in [0, 0.05) is 19.7 Å². The van der Waals surface area contributed by atoms with Gasteiger partial charge in [-0.25, -0.2) is 9.59 Å². The molecule has 6 nitrogen and oxygen atoms in total. The summed E-state index contributed by atoms with van der Waals surface area (Å²) >= 11 is 0. The summed E-state index contributed by atoms with van der Waals surface area (Å²) in [6.07, 6.45) is 5.53. The summed E-state index contributed by atoms with van der Waals surface area (Å²) in [7, 11) is 0. The van der Waals surface area contributed by atoms with Crippen molar-refractivity contribution < 1.29 is 19.4 Å². The van der Waals surface area contributed by atoms with Crippen LogP contribution in [0.3, 0.4) is 0 Å². The number of urea groups is 1. The van der Waals surface area contributed by atoms with E-state index in [-0.39, 0.29) is 12.1 Å². The number of hydrogen-bond acceptors (Lipinski definition) is 3. The number of nitrogens with zero attached hydrogens (tertiary/aromatic N) is 1. The summed E-state index contributed by atoms with van der Waals surface area (Å²) in [5.41, 5.74) is 0. The standard InChI is InChI=1S/C13H22N2O4/c16-12(17)11-6-1-3-7-15(11)13(18)14-9-10-5-2-4-8-19-10/h10-11H,1-9H2,(H,14,18)(H,16,17). The van der Waals surface area contributed by atoms with Gasteiger partial charge in [-0.1, -0.05) is 0 Å². The van der Waals surface area contributed by atoms with Gasteiger partial charge in [-0.3, -0.25) is 0 Å². The molecule has 2 saturated heterocycles. The fraction of sp³-hybridized carbons (Fsp3) is 0.846. The Balaban J connectivity index is 1.81. The van der Waals surface area contributed by atoms with Crippen molar-refractivity contribution in [3.63, 3.8) is 0 Å². The summed E-state index contributed by atoms with van der Waals surface area (Å²) in [5, 5.41) is 11.9. The van der Waals surface area contributed by atoms with Crippen molar-refractivity contribution in [2.24, 2.45) is 0 Å². The molecule has 108 valence electrons. The average molecular weight is 270 g/mol. The fourth-order valence-corrected chi connectivity index (χ4v) is 2.70. The smallest absolute Gasteiger partial charge is 0.326 e. The van der Waals surface area contributed by atoms with Crippen molar-refractivity contribution in [3.05, 3.63) is 0 Å². The van der Waals surface area contributed by atoms with Crippen LogP contribution in [0.5, 0.6) is 0 Å². The highest BCUT2D eigenvalue weighted by Gasteiger charge is 2.32. The SMILES string of the molecule is O=C(O)C1CCCCN1C(=O)NCC1CCCCO1. The van der Waals surface area contributed by atoms with Gasteiger partial charge in [0.25, 0.3) is 0 Å². The maximum absolute atomic E-state index is 12.1. The number of nitrogens with one attached hydrogen (secondary N) is 1. The number of amides is 2. The second-order valence-corrected chi connectivity index (χ2v) is 5.22. The first kappa shape index (κ1) is 14.1. The molecule has 2 N–H and O–H groups in total. The highest BCUT2D eigenvalue weighted by Crippen LogP contribution is 2.17. The number of aliphatic carboxylic acids is 1. The van der Waals surface area contributed by atoms with E-state index in [0.717, 1.165) is 38.7 Å². The fourth-order valence-electron chi connectivity index (χ4n) is 2.70. The van der Waals surface area contributed by atoms with Crippen LogP contribution >= 0.6 is 0 Å². The highest BCUT2D eigenvalue weighted by atomic mass is 16.5. The number of piperidine rings is 1. The molecule has 2 atom stereocenters. The van der Waals surface area contributed by atoms with Crippen molar-refractivity contribution in [1.29, 1.82) is 0 Å². The Labute approximate surface area is 113 Å². The maximum atomic E-state index is 12.1. The molecule has 0 aromatic heterocycles. The molecule has 0 aliphatic carbocycles. The van der Waals surface area contributed by atoms with Crippen LogP contribution in [0.1, 0.15) is 38.5 Å². The third-order valence-electron chi connectivity index (χ3n) is 3.80. The topological polar surface area (TPSA) is 78.9 Å². The van der Waals surface area contributed by atoms with E-state index in [0.29, 0.717) is 19.5 Å². The van der Waals surface area contributed by atoms with E-state index in [1.807, 2.05) is 0 Å². The Bertz CT molecular complexity index is 329. The molecule has 2 aliphatic heterocycles. The van der Waals surface area contributed by atoms with Crippen LogP contribution in [-0.4, -0.2) is 53.8 Å². The summed E-state index contributed by atoms with van der Waals surface area (Å²) in [4.78, 5) is 24.6.